The lowest BCUT2D eigenvalue weighted by atomic mass is 10.2. The molecular formula is C18H15F5N4. The Balaban J connectivity index is 1.79. The van der Waals surface area contributed by atoms with Crippen molar-refractivity contribution < 1.29 is 22.0 Å². The number of halogens is 5. The van der Waals surface area contributed by atoms with E-state index in [1.807, 2.05) is 0 Å². The zero-order valence-electron chi connectivity index (χ0n) is 14.2. The number of alkyl halides is 3. The van der Waals surface area contributed by atoms with Gasteiger partial charge in [0, 0.05) is 18.7 Å². The summed E-state index contributed by atoms with van der Waals surface area (Å²) in [5.41, 5.74) is -0.0853. The van der Waals surface area contributed by atoms with Crippen LogP contribution in [0.3, 0.4) is 0 Å². The summed E-state index contributed by atoms with van der Waals surface area (Å²) >= 11 is 0. The topological polar surface area (TPSA) is 42.7 Å². The van der Waals surface area contributed by atoms with Crippen molar-refractivity contribution in [2.45, 2.75) is 26.2 Å². The fraction of sp³-hybridized carbons (Fsp3) is 0.222. The van der Waals surface area contributed by atoms with E-state index in [2.05, 4.69) is 15.4 Å². The van der Waals surface area contributed by atoms with Gasteiger partial charge in [-0.3, -0.25) is 9.67 Å². The third kappa shape index (κ3) is 4.07. The first-order chi connectivity index (χ1) is 12.8. The zero-order chi connectivity index (χ0) is 19.6. The highest BCUT2D eigenvalue weighted by atomic mass is 19.4. The molecule has 9 heteroatoms. The van der Waals surface area contributed by atoms with Crippen LogP contribution < -0.4 is 5.32 Å². The van der Waals surface area contributed by atoms with Crippen LogP contribution in [0.25, 0.3) is 11.4 Å². The lowest BCUT2D eigenvalue weighted by Crippen LogP contribution is -2.07. The van der Waals surface area contributed by atoms with E-state index >= 15 is 0 Å². The fourth-order valence-electron chi connectivity index (χ4n) is 2.54. The average molecular weight is 382 g/mol. The van der Waals surface area contributed by atoms with Gasteiger partial charge in [0.1, 0.15) is 11.6 Å². The van der Waals surface area contributed by atoms with Gasteiger partial charge in [-0.25, -0.2) is 8.78 Å². The molecule has 0 atom stereocenters. The molecule has 3 rings (SSSR count). The highest BCUT2D eigenvalue weighted by Gasteiger charge is 2.35. The molecular weight excluding hydrogens is 367 g/mol. The summed E-state index contributed by atoms with van der Waals surface area (Å²) in [5, 5.41) is 6.38. The van der Waals surface area contributed by atoms with Crippen LogP contribution in [0.4, 0.5) is 27.6 Å². The fourth-order valence-corrected chi connectivity index (χ4v) is 2.54. The highest BCUT2D eigenvalue weighted by molar-refractivity contribution is 5.58. The quantitative estimate of drug-likeness (QED) is 0.640. The molecule has 3 aromatic rings. The molecule has 142 valence electrons. The van der Waals surface area contributed by atoms with Gasteiger partial charge < -0.3 is 5.32 Å². The maximum absolute atomic E-state index is 13.6. The molecule has 0 amide bonds. The van der Waals surface area contributed by atoms with E-state index in [1.54, 1.807) is 13.0 Å². The predicted molar refractivity (Wildman–Crippen MR) is 89.8 cm³/mol. The van der Waals surface area contributed by atoms with Crippen molar-refractivity contribution in [3.05, 3.63) is 65.5 Å². The molecule has 0 aliphatic carbocycles. The number of nitrogens with zero attached hydrogens (tertiary/aromatic N) is 3. The third-order valence-electron chi connectivity index (χ3n) is 3.93. The van der Waals surface area contributed by atoms with Gasteiger partial charge in [-0.2, -0.15) is 18.3 Å². The van der Waals surface area contributed by atoms with Crippen molar-refractivity contribution in [3.63, 3.8) is 0 Å². The van der Waals surface area contributed by atoms with Crippen LogP contribution in [0, 0.1) is 11.6 Å². The predicted octanol–water partition coefficient (Wildman–Crippen LogP) is 4.87. The van der Waals surface area contributed by atoms with Crippen molar-refractivity contribution in [3.8, 4) is 11.4 Å². The smallest absolute Gasteiger partial charge is 0.379 e. The number of rotatable bonds is 5. The summed E-state index contributed by atoms with van der Waals surface area (Å²) in [6.07, 6.45) is -3.16. The SMILES string of the molecule is CCn1nc(C(F)(F)F)cc1-c1ccc(NCc2c(F)cccc2F)cn1. The van der Waals surface area contributed by atoms with Crippen LogP contribution in [0.2, 0.25) is 0 Å². The summed E-state index contributed by atoms with van der Waals surface area (Å²) < 4.78 is 67.0. The first-order valence-electron chi connectivity index (χ1n) is 8.08. The highest BCUT2D eigenvalue weighted by Crippen LogP contribution is 2.31. The molecule has 1 N–H and O–H groups in total. The van der Waals surface area contributed by atoms with Gasteiger partial charge in [-0.05, 0) is 37.3 Å². The number of anilines is 1. The average Bonchev–Trinajstić information content (AvgIpc) is 3.06. The third-order valence-corrected chi connectivity index (χ3v) is 3.93. The van der Waals surface area contributed by atoms with Crippen molar-refractivity contribution in [1.29, 1.82) is 0 Å². The number of hydrogen-bond acceptors (Lipinski definition) is 3. The Morgan fingerprint density at radius 2 is 1.78 bits per heavy atom. The number of pyridine rings is 1. The van der Waals surface area contributed by atoms with E-state index in [1.165, 1.54) is 23.0 Å². The van der Waals surface area contributed by atoms with Gasteiger partial charge in [0.05, 0.1) is 23.3 Å². The van der Waals surface area contributed by atoms with Crippen LogP contribution in [-0.2, 0) is 19.3 Å². The van der Waals surface area contributed by atoms with Gasteiger partial charge in [-0.15, -0.1) is 0 Å². The molecule has 1 aromatic carbocycles. The van der Waals surface area contributed by atoms with Gasteiger partial charge >= 0.3 is 6.18 Å². The van der Waals surface area contributed by atoms with Crippen LogP contribution in [0.15, 0.2) is 42.6 Å². The molecule has 0 saturated heterocycles. The summed E-state index contributed by atoms with van der Waals surface area (Å²) in [6.45, 7) is 1.83. The standard InChI is InChI=1S/C18H15F5N4/c1-2-27-16(8-17(26-27)18(21,22)23)15-7-6-11(9-25-15)24-10-12-13(19)4-3-5-14(12)20/h3-9,24H,2,10H2,1H3. The Morgan fingerprint density at radius 1 is 1.07 bits per heavy atom. The first kappa shape index (κ1) is 18.8. The number of aromatic nitrogens is 3. The van der Waals surface area contributed by atoms with E-state index in [4.69, 9.17) is 0 Å². The number of benzene rings is 1. The molecule has 0 aliphatic heterocycles. The van der Waals surface area contributed by atoms with E-state index in [-0.39, 0.29) is 24.3 Å². The Bertz CT molecular complexity index is 912. The molecule has 0 aliphatic rings. The number of nitrogens with one attached hydrogen (secondary N) is 1. The van der Waals surface area contributed by atoms with Gasteiger partial charge in [0.25, 0.3) is 0 Å². The zero-order valence-corrected chi connectivity index (χ0v) is 14.2. The summed E-state index contributed by atoms with van der Waals surface area (Å²) in [4.78, 5) is 4.13. The Kier molecular flexibility index (Phi) is 5.11. The van der Waals surface area contributed by atoms with Gasteiger partial charge in [0.2, 0.25) is 0 Å². The lowest BCUT2D eigenvalue weighted by molar-refractivity contribution is -0.141. The molecule has 4 nitrogen and oxygen atoms in total. The molecule has 2 heterocycles. The Labute approximate surface area is 151 Å². The van der Waals surface area contributed by atoms with E-state index in [0.717, 1.165) is 18.2 Å². The maximum atomic E-state index is 13.6. The number of aryl methyl sites for hydroxylation is 1. The molecule has 0 fully saturated rings. The molecule has 0 radical (unpaired) electrons. The second-order valence-electron chi connectivity index (χ2n) is 5.71. The van der Waals surface area contributed by atoms with Crippen LogP contribution in [0.1, 0.15) is 18.2 Å². The normalized spacial score (nSPS) is 11.6. The van der Waals surface area contributed by atoms with Gasteiger partial charge in [-0.1, -0.05) is 6.07 Å². The molecule has 27 heavy (non-hydrogen) atoms. The lowest BCUT2D eigenvalue weighted by Gasteiger charge is -2.09. The molecule has 2 aromatic heterocycles. The minimum atomic E-state index is -4.54. The molecule has 0 saturated carbocycles. The monoisotopic (exact) mass is 382 g/mol. The maximum Gasteiger partial charge on any atom is 0.435 e. The Morgan fingerprint density at radius 3 is 2.33 bits per heavy atom. The largest absolute Gasteiger partial charge is 0.435 e. The van der Waals surface area contributed by atoms with Crippen molar-refractivity contribution in [2.75, 3.05) is 5.32 Å². The van der Waals surface area contributed by atoms with Gasteiger partial charge in [0.15, 0.2) is 5.69 Å². The first-order valence-corrected chi connectivity index (χ1v) is 8.08. The van der Waals surface area contributed by atoms with E-state index < -0.39 is 23.5 Å². The Hall–Kier alpha value is -2.97. The van der Waals surface area contributed by atoms with Crippen molar-refractivity contribution in [1.82, 2.24) is 14.8 Å². The minimum Gasteiger partial charge on any atom is -0.379 e. The minimum absolute atomic E-state index is 0.0926. The van der Waals surface area contributed by atoms with Crippen LogP contribution >= 0.6 is 0 Å². The summed E-state index contributed by atoms with van der Waals surface area (Å²) in [6, 6.07) is 7.62. The van der Waals surface area contributed by atoms with Crippen molar-refractivity contribution >= 4 is 5.69 Å². The second kappa shape index (κ2) is 7.34. The molecule has 0 bridgehead atoms. The molecule has 0 unspecified atom stereocenters. The van der Waals surface area contributed by atoms with Crippen molar-refractivity contribution in [2.24, 2.45) is 0 Å². The van der Waals surface area contributed by atoms with E-state index in [0.29, 0.717) is 11.4 Å². The van der Waals surface area contributed by atoms with Crippen LogP contribution in [-0.4, -0.2) is 14.8 Å². The summed E-state index contributed by atoms with van der Waals surface area (Å²) in [5.74, 6) is -1.34. The molecule has 0 spiro atoms. The summed E-state index contributed by atoms with van der Waals surface area (Å²) in [7, 11) is 0. The second-order valence-corrected chi connectivity index (χ2v) is 5.71. The number of hydrogen-bond donors (Lipinski definition) is 1. The van der Waals surface area contributed by atoms with Crippen LogP contribution in [0.5, 0.6) is 0 Å². The van der Waals surface area contributed by atoms with E-state index in [9.17, 15) is 22.0 Å².